The Hall–Kier alpha value is -3.53. The first-order valence-electron chi connectivity index (χ1n) is 9.71. The zero-order valence-corrected chi connectivity index (χ0v) is 17.7. The molecule has 4 N–H and O–H groups in total. The van der Waals surface area contributed by atoms with Crippen LogP contribution >= 0.6 is 11.8 Å². The van der Waals surface area contributed by atoms with Gasteiger partial charge in [-0.05, 0) is 31.2 Å². The molecule has 0 aliphatic carbocycles. The van der Waals surface area contributed by atoms with E-state index >= 15 is 0 Å². The maximum absolute atomic E-state index is 12.4. The summed E-state index contributed by atoms with van der Waals surface area (Å²) in [6, 6.07) is 14.9. The molecule has 1 atom stereocenters. The van der Waals surface area contributed by atoms with Crippen molar-refractivity contribution >= 4 is 40.9 Å². The van der Waals surface area contributed by atoms with Gasteiger partial charge in [0, 0.05) is 17.4 Å². The van der Waals surface area contributed by atoms with E-state index in [1.165, 1.54) is 11.8 Å². The first-order valence-corrected chi connectivity index (χ1v) is 10.8. The highest BCUT2D eigenvalue weighted by Gasteiger charge is 2.16. The fourth-order valence-corrected chi connectivity index (χ4v) is 3.62. The molecule has 9 nitrogen and oxygen atoms in total. The minimum Gasteiger partial charge on any atom is -0.486 e. The maximum atomic E-state index is 12.4. The molecule has 1 aromatic heterocycles. The number of hydrogen-bond acceptors (Lipinski definition) is 9. The van der Waals surface area contributed by atoms with Gasteiger partial charge in [-0.25, -0.2) is 0 Å². The molecule has 0 bridgehead atoms. The van der Waals surface area contributed by atoms with Gasteiger partial charge in [0.15, 0.2) is 11.5 Å². The highest BCUT2D eigenvalue weighted by atomic mass is 32.2. The second kappa shape index (κ2) is 9.52. The topological polar surface area (TPSA) is 124 Å². The quantitative estimate of drug-likeness (QED) is 0.509. The summed E-state index contributed by atoms with van der Waals surface area (Å²) < 4.78 is 11.0. The SMILES string of the molecule is C[C@H](SCC(=O)Nc1ccc2c(c1)OCCO2)c1nc(N)nc(Nc2ccccc2)n1. The number of rotatable bonds is 7. The zero-order valence-electron chi connectivity index (χ0n) is 16.9. The van der Waals surface area contributed by atoms with Crippen LogP contribution in [0.4, 0.5) is 23.3 Å². The zero-order chi connectivity index (χ0) is 21.6. The Balaban J connectivity index is 1.35. The first-order chi connectivity index (χ1) is 15.1. The van der Waals surface area contributed by atoms with E-state index in [4.69, 9.17) is 15.2 Å². The molecular formula is C21H22N6O3S. The lowest BCUT2D eigenvalue weighted by atomic mass is 10.2. The summed E-state index contributed by atoms with van der Waals surface area (Å²) in [5, 5.41) is 5.82. The highest BCUT2D eigenvalue weighted by molar-refractivity contribution is 8.00. The summed E-state index contributed by atoms with van der Waals surface area (Å²) in [5.41, 5.74) is 7.35. The third-order valence-corrected chi connectivity index (χ3v) is 5.49. The molecule has 0 spiro atoms. The number of amides is 1. The molecule has 0 unspecified atom stereocenters. The number of carbonyl (C=O) groups excluding carboxylic acids is 1. The van der Waals surface area contributed by atoms with E-state index in [0.717, 1.165) is 5.69 Å². The van der Waals surface area contributed by atoms with Gasteiger partial charge in [-0.2, -0.15) is 15.0 Å². The van der Waals surface area contributed by atoms with Crippen molar-refractivity contribution in [3.8, 4) is 11.5 Å². The van der Waals surface area contributed by atoms with Crippen LogP contribution in [0.25, 0.3) is 0 Å². The van der Waals surface area contributed by atoms with Gasteiger partial charge in [0.05, 0.1) is 11.0 Å². The Morgan fingerprint density at radius 2 is 1.84 bits per heavy atom. The van der Waals surface area contributed by atoms with E-state index in [9.17, 15) is 4.79 Å². The van der Waals surface area contributed by atoms with Gasteiger partial charge in [-0.3, -0.25) is 4.79 Å². The maximum Gasteiger partial charge on any atom is 0.234 e. The third kappa shape index (κ3) is 5.54. The van der Waals surface area contributed by atoms with Gasteiger partial charge < -0.3 is 25.8 Å². The van der Waals surface area contributed by atoms with Crippen molar-refractivity contribution in [3.05, 3.63) is 54.4 Å². The number of fused-ring (bicyclic) bond motifs is 1. The molecule has 10 heteroatoms. The summed E-state index contributed by atoms with van der Waals surface area (Å²) in [6.45, 7) is 2.94. The highest BCUT2D eigenvalue weighted by Crippen LogP contribution is 2.33. The molecular weight excluding hydrogens is 416 g/mol. The summed E-state index contributed by atoms with van der Waals surface area (Å²) in [5.74, 6) is 2.38. The Kier molecular flexibility index (Phi) is 6.37. The van der Waals surface area contributed by atoms with E-state index in [0.29, 0.717) is 42.2 Å². The van der Waals surface area contributed by atoms with E-state index < -0.39 is 0 Å². The fourth-order valence-electron chi connectivity index (χ4n) is 2.89. The lowest BCUT2D eigenvalue weighted by Crippen LogP contribution is -2.17. The molecule has 0 saturated carbocycles. The van der Waals surface area contributed by atoms with Crippen LogP contribution in [0.3, 0.4) is 0 Å². The molecule has 3 aromatic rings. The number of nitrogen functional groups attached to an aromatic ring is 1. The van der Waals surface area contributed by atoms with Gasteiger partial charge in [0.25, 0.3) is 0 Å². The molecule has 160 valence electrons. The fraction of sp³-hybridized carbons (Fsp3) is 0.238. The average molecular weight is 439 g/mol. The van der Waals surface area contributed by atoms with Crippen molar-refractivity contribution in [2.45, 2.75) is 12.2 Å². The first kappa shape index (κ1) is 20.7. The molecule has 4 rings (SSSR count). The van der Waals surface area contributed by atoms with Crippen molar-refractivity contribution in [1.82, 2.24) is 15.0 Å². The molecule has 0 saturated heterocycles. The predicted molar refractivity (Wildman–Crippen MR) is 121 cm³/mol. The summed E-state index contributed by atoms with van der Waals surface area (Å²) in [7, 11) is 0. The lowest BCUT2D eigenvalue weighted by Gasteiger charge is -2.19. The van der Waals surface area contributed by atoms with Gasteiger partial charge in [0.1, 0.15) is 19.0 Å². The number of nitrogens with two attached hydrogens (primary N) is 1. The normalized spacial score (nSPS) is 13.3. The molecule has 1 amide bonds. The van der Waals surface area contributed by atoms with Crippen molar-refractivity contribution in [3.63, 3.8) is 0 Å². The summed E-state index contributed by atoms with van der Waals surface area (Å²) in [4.78, 5) is 25.2. The smallest absolute Gasteiger partial charge is 0.234 e. The van der Waals surface area contributed by atoms with E-state index in [1.807, 2.05) is 37.3 Å². The van der Waals surface area contributed by atoms with Crippen LogP contribution in [0.1, 0.15) is 18.0 Å². The second-order valence-corrected chi connectivity index (χ2v) is 8.06. The summed E-state index contributed by atoms with van der Waals surface area (Å²) >= 11 is 1.41. The third-order valence-electron chi connectivity index (χ3n) is 4.35. The Morgan fingerprint density at radius 3 is 2.65 bits per heavy atom. The van der Waals surface area contributed by atoms with Gasteiger partial charge in [-0.1, -0.05) is 18.2 Å². The van der Waals surface area contributed by atoms with E-state index in [-0.39, 0.29) is 22.9 Å². The van der Waals surface area contributed by atoms with Crippen molar-refractivity contribution in [2.75, 3.05) is 35.3 Å². The van der Waals surface area contributed by atoms with Crippen LogP contribution < -0.4 is 25.8 Å². The number of benzene rings is 2. The number of aromatic nitrogens is 3. The second-order valence-electron chi connectivity index (χ2n) is 6.73. The van der Waals surface area contributed by atoms with Crippen LogP contribution in [0.15, 0.2) is 48.5 Å². The number of ether oxygens (including phenoxy) is 2. The Bertz CT molecular complexity index is 1070. The molecule has 1 aliphatic rings. The Labute approximate surface area is 183 Å². The van der Waals surface area contributed by atoms with Crippen molar-refractivity contribution in [1.29, 1.82) is 0 Å². The molecule has 2 heterocycles. The van der Waals surface area contributed by atoms with Crippen LogP contribution in [-0.2, 0) is 4.79 Å². The number of anilines is 4. The standard InChI is InChI=1S/C21H22N6O3S/c1-13(19-25-20(22)27-21(26-19)24-14-5-3-2-4-6-14)31-12-18(28)23-15-7-8-16-17(11-15)30-10-9-29-16/h2-8,11,13H,9-10,12H2,1H3,(H,23,28)(H3,22,24,25,26,27)/t13-/m0/s1. The Morgan fingerprint density at radius 1 is 1.06 bits per heavy atom. The summed E-state index contributed by atoms with van der Waals surface area (Å²) in [6.07, 6.45) is 0. The predicted octanol–water partition coefficient (Wildman–Crippen LogP) is 3.40. The lowest BCUT2D eigenvalue weighted by molar-refractivity contribution is -0.113. The monoisotopic (exact) mass is 438 g/mol. The number of hydrogen-bond donors (Lipinski definition) is 3. The number of nitrogens with one attached hydrogen (secondary N) is 2. The van der Waals surface area contributed by atoms with Crippen molar-refractivity contribution < 1.29 is 14.3 Å². The van der Waals surface area contributed by atoms with Gasteiger partial charge >= 0.3 is 0 Å². The van der Waals surface area contributed by atoms with E-state index in [2.05, 4.69) is 25.6 Å². The largest absolute Gasteiger partial charge is 0.486 e. The van der Waals surface area contributed by atoms with Crippen LogP contribution in [0, 0.1) is 0 Å². The minimum atomic E-state index is -0.160. The minimum absolute atomic E-state index is 0.122. The van der Waals surface area contributed by atoms with Gasteiger partial charge in [-0.15, -0.1) is 11.8 Å². The number of thioether (sulfide) groups is 1. The van der Waals surface area contributed by atoms with Crippen LogP contribution in [0.2, 0.25) is 0 Å². The number of para-hydroxylation sites is 1. The molecule has 1 aliphatic heterocycles. The average Bonchev–Trinajstić information content (AvgIpc) is 2.77. The molecule has 0 radical (unpaired) electrons. The molecule has 2 aromatic carbocycles. The number of carbonyl (C=O) groups is 1. The van der Waals surface area contributed by atoms with Crippen LogP contribution in [0.5, 0.6) is 11.5 Å². The van der Waals surface area contributed by atoms with Crippen molar-refractivity contribution in [2.24, 2.45) is 0 Å². The van der Waals surface area contributed by atoms with Gasteiger partial charge in [0.2, 0.25) is 17.8 Å². The van der Waals surface area contributed by atoms with Crippen LogP contribution in [-0.4, -0.2) is 39.8 Å². The molecule has 31 heavy (non-hydrogen) atoms. The molecule has 0 fully saturated rings. The van der Waals surface area contributed by atoms with E-state index in [1.54, 1.807) is 18.2 Å². The number of nitrogens with zero attached hydrogens (tertiary/aromatic N) is 3.